The second kappa shape index (κ2) is 4.93. The molecule has 0 saturated heterocycles. The molecule has 18 heavy (non-hydrogen) atoms. The molecule has 0 aliphatic carbocycles. The van der Waals surface area contributed by atoms with Crippen LogP contribution in [0.1, 0.15) is 10.4 Å². The number of halogens is 4. The number of aromatic nitrogens is 1. The van der Waals surface area contributed by atoms with Crippen LogP contribution in [0.2, 0.25) is 0 Å². The van der Waals surface area contributed by atoms with Crippen LogP contribution in [0, 0.1) is 30.5 Å². The van der Waals surface area contributed by atoms with Crippen LogP contribution in [0.5, 0.6) is 0 Å². The first kappa shape index (κ1) is 12.8. The molecule has 0 unspecified atom stereocenters. The van der Waals surface area contributed by atoms with E-state index in [9.17, 15) is 17.6 Å². The lowest BCUT2D eigenvalue weighted by molar-refractivity contribution is 0.410. The summed E-state index contributed by atoms with van der Waals surface area (Å²) in [4.78, 5) is 3.30. The van der Waals surface area contributed by atoms with Gasteiger partial charge < -0.3 is 5.32 Å². The van der Waals surface area contributed by atoms with Crippen molar-refractivity contribution in [2.24, 2.45) is 0 Å². The number of nitrogens with one attached hydrogen (secondary N) is 1. The number of aryl methyl sites for hydroxylation is 1. The molecule has 2 rings (SSSR count). The monoisotopic (exact) mass is 276 g/mol. The molecule has 96 valence electrons. The second-order valence-corrected chi connectivity index (χ2v) is 4.58. The Morgan fingerprint density at radius 2 is 1.78 bits per heavy atom. The second-order valence-electron chi connectivity index (χ2n) is 3.58. The van der Waals surface area contributed by atoms with Crippen molar-refractivity contribution in [1.29, 1.82) is 0 Å². The van der Waals surface area contributed by atoms with Gasteiger partial charge in [-0.3, -0.25) is 0 Å². The molecule has 0 saturated carbocycles. The summed E-state index contributed by atoms with van der Waals surface area (Å²) in [7, 11) is 0. The van der Waals surface area contributed by atoms with E-state index in [1.807, 2.05) is 18.4 Å². The molecule has 0 aromatic carbocycles. The Labute approximate surface area is 104 Å². The van der Waals surface area contributed by atoms with Crippen molar-refractivity contribution in [2.75, 3.05) is 5.32 Å². The van der Waals surface area contributed by atoms with Gasteiger partial charge in [0.2, 0.25) is 11.6 Å². The maximum Gasteiger partial charge on any atom is 0.253 e. The van der Waals surface area contributed by atoms with Crippen LogP contribution in [0.25, 0.3) is 0 Å². The molecule has 0 amide bonds. The number of hydrogen-bond donors (Lipinski definition) is 1. The summed E-state index contributed by atoms with van der Waals surface area (Å²) >= 11 is 1.38. The predicted molar refractivity (Wildman–Crippen MR) is 60.5 cm³/mol. The number of thiophene rings is 1. The van der Waals surface area contributed by atoms with Crippen LogP contribution >= 0.6 is 11.3 Å². The van der Waals surface area contributed by atoms with Crippen LogP contribution in [-0.4, -0.2) is 4.98 Å². The third-order valence-electron chi connectivity index (χ3n) is 2.39. The molecule has 2 aromatic rings. The lowest BCUT2D eigenvalue weighted by Crippen LogP contribution is -2.09. The number of nitrogens with zero attached hydrogens (tertiary/aromatic N) is 1. The van der Waals surface area contributed by atoms with Gasteiger partial charge in [-0.05, 0) is 23.9 Å². The van der Waals surface area contributed by atoms with Gasteiger partial charge >= 0.3 is 0 Å². The van der Waals surface area contributed by atoms with E-state index in [2.05, 4.69) is 10.3 Å². The van der Waals surface area contributed by atoms with Crippen molar-refractivity contribution in [1.82, 2.24) is 4.98 Å². The fraction of sp³-hybridized carbons (Fsp3) is 0.182. The fourth-order valence-electron chi connectivity index (χ4n) is 1.40. The molecule has 0 bridgehead atoms. The molecule has 0 radical (unpaired) electrons. The maximum atomic E-state index is 13.3. The zero-order chi connectivity index (χ0) is 13.3. The zero-order valence-electron chi connectivity index (χ0n) is 9.23. The molecular formula is C11H8F4N2S. The lowest BCUT2D eigenvalue weighted by Gasteiger charge is -2.08. The highest BCUT2D eigenvalue weighted by atomic mass is 32.1. The normalized spacial score (nSPS) is 10.7. The van der Waals surface area contributed by atoms with Crippen molar-refractivity contribution in [2.45, 2.75) is 13.5 Å². The molecule has 7 heteroatoms. The van der Waals surface area contributed by atoms with E-state index in [-0.39, 0.29) is 6.54 Å². The van der Waals surface area contributed by atoms with E-state index in [4.69, 9.17) is 0 Å². The number of rotatable bonds is 3. The number of pyridine rings is 1. The van der Waals surface area contributed by atoms with E-state index in [1.54, 1.807) is 0 Å². The highest BCUT2D eigenvalue weighted by Gasteiger charge is 2.20. The molecular weight excluding hydrogens is 268 g/mol. The van der Waals surface area contributed by atoms with E-state index >= 15 is 0 Å². The molecule has 0 atom stereocenters. The smallest absolute Gasteiger partial charge is 0.253 e. The Hall–Kier alpha value is -1.63. The van der Waals surface area contributed by atoms with Gasteiger partial charge in [-0.2, -0.15) is 22.5 Å². The molecule has 0 aliphatic rings. The Balaban J connectivity index is 2.27. The quantitative estimate of drug-likeness (QED) is 0.684. The van der Waals surface area contributed by atoms with Crippen molar-refractivity contribution in [3.63, 3.8) is 0 Å². The first-order chi connectivity index (χ1) is 8.50. The van der Waals surface area contributed by atoms with Crippen LogP contribution in [0.3, 0.4) is 0 Å². The van der Waals surface area contributed by atoms with Crippen LogP contribution in [0.15, 0.2) is 11.4 Å². The average Bonchev–Trinajstić information content (AvgIpc) is 2.73. The van der Waals surface area contributed by atoms with Crippen molar-refractivity contribution in [3.05, 3.63) is 45.4 Å². The minimum atomic E-state index is -1.67. The Bertz CT molecular complexity index is 556. The maximum absolute atomic E-state index is 13.3. The fourth-order valence-corrected chi connectivity index (χ4v) is 2.24. The average molecular weight is 276 g/mol. The van der Waals surface area contributed by atoms with E-state index < -0.39 is 29.2 Å². The zero-order valence-corrected chi connectivity index (χ0v) is 10.0. The van der Waals surface area contributed by atoms with E-state index in [0.717, 1.165) is 10.4 Å². The minimum absolute atomic E-state index is 0.0836. The summed E-state index contributed by atoms with van der Waals surface area (Å²) in [5.74, 6) is -6.38. The molecule has 2 heterocycles. The van der Waals surface area contributed by atoms with E-state index in [1.165, 1.54) is 11.3 Å². The standard InChI is InChI=1S/C11H8F4N2S/c1-5-2-3-18-6(5)4-16-9-7(12)10(14)17-11(15)8(9)13/h2-3H,4H2,1H3,(H,16,17). The van der Waals surface area contributed by atoms with Crippen molar-refractivity contribution in [3.8, 4) is 0 Å². The lowest BCUT2D eigenvalue weighted by atomic mass is 10.3. The molecule has 2 nitrogen and oxygen atoms in total. The van der Waals surface area contributed by atoms with Gasteiger partial charge in [-0.25, -0.2) is 0 Å². The minimum Gasteiger partial charge on any atom is -0.375 e. The summed E-state index contributed by atoms with van der Waals surface area (Å²) in [5, 5.41) is 4.16. The Kier molecular flexibility index (Phi) is 3.51. The number of anilines is 1. The third kappa shape index (κ3) is 2.31. The van der Waals surface area contributed by atoms with Crippen molar-refractivity contribution >= 4 is 17.0 Å². The van der Waals surface area contributed by atoms with Gasteiger partial charge in [0.25, 0.3) is 11.9 Å². The summed E-state index contributed by atoms with van der Waals surface area (Å²) in [6, 6.07) is 1.84. The SMILES string of the molecule is Cc1ccsc1CNc1c(F)c(F)nc(F)c1F. The van der Waals surface area contributed by atoms with Gasteiger partial charge in [0, 0.05) is 11.4 Å². The van der Waals surface area contributed by atoms with Crippen molar-refractivity contribution < 1.29 is 17.6 Å². The molecule has 1 N–H and O–H groups in total. The highest BCUT2D eigenvalue weighted by molar-refractivity contribution is 7.10. The van der Waals surface area contributed by atoms with Gasteiger partial charge in [0.05, 0.1) is 0 Å². The van der Waals surface area contributed by atoms with Crippen LogP contribution in [0.4, 0.5) is 23.2 Å². The predicted octanol–water partition coefficient (Wildman–Crippen LogP) is 3.62. The topological polar surface area (TPSA) is 24.9 Å². The Morgan fingerprint density at radius 1 is 1.17 bits per heavy atom. The molecule has 0 spiro atoms. The number of hydrogen-bond acceptors (Lipinski definition) is 3. The van der Waals surface area contributed by atoms with Gasteiger partial charge in [0.15, 0.2) is 0 Å². The van der Waals surface area contributed by atoms with E-state index in [0.29, 0.717) is 0 Å². The Morgan fingerprint density at radius 3 is 2.28 bits per heavy atom. The summed E-state index contributed by atoms with van der Waals surface area (Å²) in [5.41, 5.74) is 0.0936. The first-order valence-electron chi connectivity index (χ1n) is 4.97. The third-order valence-corrected chi connectivity index (χ3v) is 3.41. The first-order valence-corrected chi connectivity index (χ1v) is 5.85. The van der Waals surface area contributed by atoms with Gasteiger partial charge in [-0.15, -0.1) is 11.3 Å². The highest BCUT2D eigenvalue weighted by Crippen LogP contribution is 2.24. The molecule has 2 aromatic heterocycles. The molecule has 0 aliphatic heterocycles. The largest absolute Gasteiger partial charge is 0.375 e. The van der Waals surface area contributed by atoms with Crippen LogP contribution < -0.4 is 5.32 Å². The molecule has 0 fully saturated rings. The summed E-state index contributed by atoms with van der Waals surface area (Å²) in [6.07, 6.45) is 0. The summed E-state index contributed by atoms with van der Waals surface area (Å²) in [6.45, 7) is 1.91. The van der Waals surface area contributed by atoms with Crippen LogP contribution in [-0.2, 0) is 6.54 Å². The van der Waals surface area contributed by atoms with Gasteiger partial charge in [0.1, 0.15) is 5.69 Å². The summed E-state index contributed by atoms with van der Waals surface area (Å²) < 4.78 is 52.2. The van der Waals surface area contributed by atoms with Gasteiger partial charge in [-0.1, -0.05) is 0 Å².